The first-order chi connectivity index (χ1) is 13.1. The van der Waals surface area contributed by atoms with E-state index in [1.807, 2.05) is 6.92 Å². The van der Waals surface area contributed by atoms with E-state index in [1.165, 1.54) is 6.26 Å². The second-order valence-electron chi connectivity index (χ2n) is 6.69. The number of halogens is 1. The standard InChI is InChI=1S/C19H33N5O3.HI/c1-4-20-19(23-14-16(3)24-9-12-26-13-10-24)22-8-5-7-21-18(25)17-15(2)6-11-27-17;/h6,11,16H,4-5,7-10,12-14H2,1-3H3,(H,21,25)(H2,20,22,23);1H. The van der Waals surface area contributed by atoms with Crippen LogP contribution >= 0.6 is 24.0 Å². The fraction of sp³-hybridized carbons (Fsp3) is 0.684. The number of hydrogen-bond acceptors (Lipinski definition) is 5. The summed E-state index contributed by atoms with van der Waals surface area (Å²) in [6.45, 7) is 12.5. The van der Waals surface area contributed by atoms with Crippen LogP contribution in [-0.2, 0) is 4.74 Å². The zero-order chi connectivity index (χ0) is 19.5. The van der Waals surface area contributed by atoms with E-state index >= 15 is 0 Å². The van der Waals surface area contributed by atoms with E-state index in [0.717, 1.165) is 63.9 Å². The van der Waals surface area contributed by atoms with Crippen LogP contribution in [0.15, 0.2) is 21.7 Å². The van der Waals surface area contributed by atoms with Crippen LogP contribution in [-0.4, -0.2) is 75.3 Å². The summed E-state index contributed by atoms with van der Waals surface area (Å²) in [4.78, 5) is 19.1. The van der Waals surface area contributed by atoms with E-state index in [4.69, 9.17) is 9.15 Å². The van der Waals surface area contributed by atoms with Gasteiger partial charge in [-0.1, -0.05) is 0 Å². The van der Waals surface area contributed by atoms with Crippen molar-refractivity contribution in [2.75, 3.05) is 52.5 Å². The molecule has 0 radical (unpaired) electrons. The van der Waals surface area contributed by atoms with Gasteiger partial charge in [-0.15, -0.1) is 24.0 Å². The molecule has 2 rings (SSSR count). The first kappa shape index (κ1) is 24.7. The highest BCUT2D eigenvalue weighted by Crippen LogP contribution is 2.07. The Hall–Kier alpha value is -1.33. The average Bonchev–Trinajstić information content (AvgIpc) is 3.12. The second-order valence-corrected chi connectivity index (χ2v) is 6.69. The zero-order valence-corrected chi connectivity index (χ0v) is 19.5. The molecule has 1 atom stereocenters. The number of aryl methyl sites for hydroxylation is 1. The van der Waals surface area contributed by atoms with Gasteiger partial charge in [-0.2, -0.15) is 0 Å². The maximum atomic E-state index is 12.0. The SMILES string of the molecule is CCNC(=NCC(C)N1CCOCC1)NCCCNC(=O)c1occc1C.I. The molecule has 160 valence electrons. The molecule has 9 heteroatoms. The molecule has 2 heterocycles. The predicted octanol–water partition coefficient (Wildman–Crippen LogP) is 1.60. The van der Waals surface area contributed by atoms with Gasteiger partial charge in [0.25, 0.3) is 5.91 Å². The van der Waals surface area contributed by atoms with Crippen molar-refractivity contribution in [3.63, 3.8) is 0 Å². The number of carbonyl (C=O) groups is 1. The van der Waals surface area contributed by atoms with Gasteiger partial charge in [0.15, 0.2) is 11.7 Å². The number of carbonyl (C=O) groups excluding carboxylic acids is 1. The molecular formula is C19H34IN5O3. The first-order valence-electron chi connectivity index (χ1n) is 9.78. The number of furan rings is 1. The smallest absolute Gasteiger partial charge is 0.287 e. The van der Waals surface area contributed by atoms with Crippen LogP contribution in [0.5, 0.6) is 0 Å². The van der Waals surface area contributed by atoms with Gasteiger partial charge in [0.1, 0.15) is 0 Å². The maximum absolute atomic E-state index is 12.0. The fourth-order valence-corrected chi connectivity index (χ4v) is 2.88. The molecule has 1 aromatic heterocycles. The van der Waals surface area contributed by atoms with Crippen LogP contribution in [0.1, 0.15) is 36.4 Å². The number of nitrogens with zero attached hydrogens (tertiary/aromatic N) is 2. The summed E-state index contributed by atoms with van der Waals surface area (Å²) >= 11 is 0. The van der Waals surface area contributed by atoms with Crippen molar-refractivity contribution < 1.29 is 13.9 Å². The van der Waals surface area contributed by atoms with E-state index in [0.29, 0.717) is 18.3 Å². The van der Waals surface area contributed by atoms with Crippen molar-refractivity contribution in [3.8, 4) is 0 Å². The predicted molar refractivity (Wildman–Crippen MR) is 122 cm³/mol. The van der Waals surface area contributed by atoms with Gasteiger partial charge in [0, 0.05) is 44.3 Å². The summed E-state index contributed by atoms with van der Waals surface area (Å²) in [7, 11) is 0. The minimum absolute atomic E-state index is 0. The minimum atomic E-state index is -0.169. The number of rotatable bonds is 9. The lowest BCUT2D eigenvalue weighted by atomic mass is 10.2. The van der Waals surface area contributed by atoms with Gasteiger partial charge >= 0.3 is 0 Å². The van der Waals surface area contributed by atoms with E-state index in [2.05, 4.69) is 39.7 Å². The Morgan fingerprint density at radius 3 is 2.61 bits per heavy atom. The van der Waals surface area contributed by atoms with Gasteiger partial charge in [-0.05, 0) is 33.3 Å². The number of hydrogen-bond donors (Lipinski definition) is 3. The molecule has 1 aliphatic heterocycles. The molecule has 1 aromatic rings. The molecule has 0 aromatic carbocycles. The molecule has 0 spiro atoms. The highest BCUT2D eigenvalue weighted by Gasteiger charge is 2.16. The largest absolute Gasteiger partial charge is 0.459 e. The van der Waals surface area contributed by atoms with Crippen LogP contribution < -0.4 is 16.0 Å². The highest BCUT2D eigenvalue weighted by atomic mass is 127. The number of morpholine rings is 1. The van der Waals surface area contributed by atoms with Crippen molar-refractivity contribution in [1.82, 2.24) is 20.9 Å². The summed E-state index contributed by atoms with van der Waals surface area (Å²) in [6.07, 6.45) is 2.33. The Bertz CT molecular complexity index is 602. The highest BCUT2D eigenvalue weighted by molar-refractivity contribution is 14.0. The number of guanidine groups is 1. The lowest BCUT2D eigenvalue weighted by molar-refractivity contribution is 0.0220. The number of nitrogens with one attached hydrogen (secondary N) is 3. The van der Waals surface area contributed by atoms with E-state index in [1.54, 1.807) is 6.07 Å². The van der Waals surface area contributed by atoms with Crippen LogP contribution in [0.3, 0.4) is 0 Å². The zero-order valence-electron chi connectivity index (χ0n) is 17.1. The van der Waals surface area contributed by atoms with Crippen molar-refractivity contribution in [1.29, 1.82) is 0 Å². The maximum Gasteiger partial charge on any atom is 0.287 e. The number of ether oxygens (including phenoxy) is 1. The first-order valence-corrected chi connectivity index (χ1v) is 9.78. The molecule has 1 aliphatic rings. The lowest BCUT2D eigenvalue weighted by Gasteiger charge is -2.31. The van der Waals surface area contributed by atoms with Crippen molar-refractivity contribution in [2.45, 2.75) is 33.2 Å². The summed E-state index contributed by atoms with van der Waals surface area (Å²) in [5.41, 5.74) is 0.849. The van der Waals surface area contributed by atoms with Gasteiger partial charge < -0.3 is 25.1 Å². The topological polar surface area (TPSA) is 91.1 Å². The second kappa shape index (κ2) is 13.8. The van der Waals surface area contributed by atoms with E-state index in [-0.39, 0.29) is 29.9 Å². The van der Waals surface area contributed by atoms with Crippen molar-refractivity contribution in [3.05, 3.63) is 23.7 Å². The molecule has 1 fully saturated rings. The van der Waals surface area contributed by atoms with E-state index in [9.17, 15) is 4.79 Å². The summed E-state index contributed by atoms with van der Waals surface area (Å²) in [5, 5.41) is 9.46. The number of aliphatic imine (C=N–C) groups is 1. The quantitative estimate of drug-likeness (QED) is 0.204. The Labute approximate surface area is 184 Å². The Balaban J connectivity index is 0.00000392. The van der Waals surface area contributed by atoms with Gasteiger partial charge in [0.05, 0.1) is 26.0 Å². The van der Waals surface area contributed by atoms with Crippen LogP contribution in [0, 0.1) is 6.92 Å². The molecule has 0 saturated carbocycles. The van der Waals surface area contributed by atoms with Gasteiger partial charge in [-0.3, -0.25) is 14.7 Å². The average molecular weight is 507 g/mol. The molecule has 1 saturated heterocycles. The van der Waals surface area contributed by atoms with Crippen molar-refractivity contribution >= 4 is 35.8 Å². The third-order valence-corrected chi connectivity index (χ3v) is 4.53. The number of amides is 1. The molecular weight excluding hydrogens is 473 g/mol. The summed E-state index contributed by atoms with van der Waals surface area (Å²) < 4.78 is 10.6. The Morgan fingerprint density at radius 1 is 1.25 bits per heavy atom. The lowest BCUT2D eigenvalue weighted by Crippen LogP contribution is -2.44. The van der Waals surface area contributed by atoms with Crippen LogP contribution in [0.25, 0.3) is 0 Å². The molecule has 0 bridgehead atoms. The van der Waals surface area contributed by atoms with Crippen LogP contribution in [0.2, 0.25) is 0 Å². The molecule has 3 N–H and O–H groups in total. The van der Waals surface area contributed by atoms with E-state index < -0.39 is 0 Å². The van der Waals surface area contributed by atoms with Gasteiger partial charge in [-0.25, -0.2) is 0 Å². The summed E-state index contributed by atoms with van der Waals surface area (Å²) in [5.74, 6) is 1.03. The molecule has 1 amide bonds. The molecule has 1 unspecified atom stereocenters. The Kier molecular flexibility index (Phi) is 12.2. The monoisotopic (exact) mass is 507 g/mol. The minimum Gasteiger partial charge on any atom is -0.459 e. The Morgan fingerprint density at radius 2 is 1.96 bits per heavy atom. The van der Waals surface area contributed by atoms with Gasteiger partial charge in [0.2, 0.25) is 0 Å². The summed E-state index contributed by atoms with van der Waals surface area (Å²) in [6, 6.07) is 2.17. The third kappa shape index (κ3) is 8.36. The molecule has 8 nitrogen and oxygen atoms in total. The fourth-order valence-electron chi connectivity index (χ4n) is 2.88. The molecule has 0 aliphatic carbocycles. The van der Waals surface area contributed by atoms with Crippen molar-refractivity contribution in [2.24, 2.45) is 4.99 Å². The molecule has 28 heavy (non-hydrogen) atoms. The van der Waals surface area contributed by atoms with Crippen LogP contribution in [0.4, 0.5) is 0 Å². The third-order valence-electron chi connectivity index (χ3n) is 4.53. The normalized spacial score (nSPS) is 16.2.